The summed E-state index contributed by atoms with van der Waals surface area (Å²) in [5.41, 5.74) is 4.20. The average molecular weight is 461 g/mol. The molecule has 3 aromatic rings. The molecule has 2 aromatic carbocycles. The van der Waals surface area contributed by atoms with Crippen LogP contribution in [0.15, 0.2) is 65.8 Å². The lowest BCUT2D eigenvalue weighted by Gasteiger charge is -2.35. The van der Waals surface area contributed by atoms with Gasteiger partial charge in [0.25, 0.3) is 0 Å². The minimum atomic E-state index is -3.79. The van der Waals surface area contributed by atoms with E-state index in [0.717, 1.165) is 41.5 Å². The topological polar surface area (TPSA) is 50.3 Å². The van der Waals surface area contributed by atoms with Crippen LogP contribution < -0.4 is 0 Å². The molecule has 0 N–H and O–H groups in total. The van der Waals surface area contributed by atoms with E-state index in [0.29, 0.717) is 6.54 Å². The second kappa shape index (κ2) is 8.67. The van der Waals surface area contributed by atoms with Crippen molar-refractivity contribution in [3.05, 3.63) is 82.1 Å². The number of hydrogen-bond donors (Lipinski definition) is 0. The highest BCUT2D eigenvalue weighted by Gasteiger charge is 2.36. The number of piperidine rings is 1. The van der Waals surface area contributed by atoms with Crippen molar-refractivity contribution < 1.29 is 8.42 Å². The zero-order valence-corrected chi connectivity index (χ0v) is 18.9. The van der Waals surface area contributed by atoms with Crippen LogP contribution in [0.2, 0.25) is 10.0 Å². The monoisotopic (exact) mass is 460 g/mol. The predicted octanol–water partition coefficient (Wildman–Crippen LogP) is 6.28. The molecule has 4 rings (SSSR count). The molecule has 7 heteroatoms. The highest BCUT2D eigenvalue weighted by molar-refractivity contribution is 7.89. The molecule has 0 spiro atoms. The molecule has 0 radical (unpaired) electrons. The summed E-state index contributed by atoms with van der Waals surface area (Å²) in [7, 11) is -3.79. The lowest BCUT2D eigenvalue weighted by Crippen LogP contribution is -2.38. The number of pyridine rings is 1. The average Bonchev–Trinajstić information content (AvgIpc) is 2.76. The van der Waals surface area contributed by atoms with E-state index in [9.17, 15) is 8.42 Å². The van der Waals surface area contributed by atoms with Gasteiger partial charge in [0, 0.05) is 18.9 Å². The van der Waals surface area contributed by atoms with Crippen molar-refractivity contribution in [1.82, 2.24) is 9.29 Å². The predicted molar refractivity (Wildman–Crippen MR) is 121 cm³/mol. The molecule has 1 aliphatic heterocycles. The normalized spacial score (nSPS) is 17.8. The first-order valence-corrected chi connectivity index (χ1v) is 12.1. The van der Waals surface area contributed by atoms with Gasteiger partial charge in [-0.3, -0.25) is 4.98 Å². The molecule has 1 saturated heterocycles. The van der Waals surface area contributed by atoms with E-state index in [1.54, 1.807) is 22.6 Å². The Bertz CT molecular complexity index is 1180. The molecule has 0 aliphatic carbocycles. The highest BCUT2D eigenvalue weighted by atomic mass is 35.5. The third-order valence-corrected chi connectivity index (χ3v) is 8.44. The van der Waals surface area contributed by atoms with Crippen LogP contribution in [0, 0.1) is 6.92 Å². The van der Waals surface area contributed by atoms with Crippen LogP contribution in [-0.4, -0.2) is 24.3 Å². The van der Waals surface area contributed by atoms with E-state index in [2.05, 4.69) is 11.1 Å². The number of hydrogen-bond acceptors (Lipinski definition) is 3. The zero-order chi connectivity index (χ0) is 21.3. The van der Waals surface area contributed by atoms with Crippen molar-refractivity contribution in [1.29, 1.82) is 0 Å². The van der Waals surface area contributed by atoms with Gasteiger partial charge in [-0.05, 0) is 66.3 Å². The first-order chi connectivity index (χ1) is 14.4. The van der Waals surface area contributed by atoms with Crippen molar-refractivity contribution in [3.8, 4) is 11.1 Å². The Morgan fingerprint density at radius 2 is 1.87 bits per heavy atom. The number of nitrogens with zero attached hydrogens (tertiary/aromatic N) is 2. The molecule has 1 atom stereocenters. The Morgan fingerprint density at radius 3 is 2.67 bits per heavy atom. The number of aryl methyl sites for hydroxylation is 1. The summed E-state index contributed by atoms with van der Waals surface area (Å²) in [5, 5.41) is 0.311. The maximum absolute atomic E-state index is 13.5. The number of sulfonamides is 1. The van der Waals surface area contributed by atoms with Gasteiger partial charge in [0.15, 0.2) is 0 Å². The molecule has 2 heterocycles. The summed E-state index contributed by atoms with van der Waals surface area (Å²) in [6.45, 7) is 2.47. The second-order valence-corrected chi connectivity index (χ2v) is 10.1. The maximum atomic E-state index is 13.5. The molecule has 0 amide bonds. The maximum Gasteiger partial charge on any atom is 0.245 e. The summed E-state index contributed by atoms with van der Waals surface area (Å²) in [6.07, 6.45) is 6.15. The van der Waals surface area contributed by atoms with Gasteiger partial charge in [-0.1, -0.05) is 53.9 Å². The van der Waals surface area contributed by atoms with E-state index in [-0.39, 0.29) is 21.0 Å². The smallest absolute Gasteiger partial charge is 0.245 e. The third kappa shape index (κ3) is 4.00. The van der Waals surface area contributed by atoms with Crippen LogP contribution in [0.25, 0.3) is 11.1 Å². The summed E-state index contributed by atoms with van der Waals surface area (Å²) < 4.78 is 28.6. The Hall–Kier alpha value is -1.92. The van der Waals surface area contributed by atoms with Crippen molar-refractivity contribution in [2.24, 2.45) is 0 Å². The minimum Gasteiger partial charge on any atom is -0.264 e. The van der Waals surface area contributed by atoms with Crippen LogP contribution in [0.1, 0.15) is 36.4 Å². The zero-order valence-electron chi connectivity index (χ0n) is 16.6. The summed E-state index contributed by atoms with van der Waals surface area (Å²) >= 11 is 12.4. The van der Waals surface area contributed by atoms with Gasteiger partial charge < -0.3 is 0 Å². The van der Waals surface area contributed by atoms with Crippen LogP contribution in [0.4, 0.5) is 0 Å². The lowest BCUT2D eigenvalue weighted by molar-refractivity contribution is 0.256. The van der Waals surface area contributed by atoms with E-state index in [1.165, 1.54) is 6.07 Å². The molecule has 30 heavy (non-hydrogen) atoms. The van der Waals surface area contributed by atoms with Crippen LogP contribution >= 0.6 is 23.2 Å². The Kier molecular flexibility index (Phi) is 6.16. The number of halogens is 2. The van der Waals surface area contributed by atoms with Gasteiger partial charge in [0.1, 0.15) is 4.90 Å². The van der Waals surface area contributed by atoms with E-state index < -0.39 is 10.0 Å². The van der Waals surface area contributed by atoms with Crippen LogP contribution in [-0.2, 0) is 10.0 Å². The first kappa shape index (κ1) is 21.3. The van der Waals surface area contributed by atoms with Gasteiger partial charge in [-0.2, -0.15) is 4.31 Å². The fourth-order valence-corrected chi connectivity index (χ4v) is 6.47. The van der Waals surface area contributed by atoms with Crippen LogP contribution in [0.3, 0.4) is 0 Å². The largest absolute Gasteiger partial charge is 0.264 e. The van der Waals surface area contributed by atoms with Gasteiger partial charge in [-0.25, -0.2) is 8.42 Å². The van der Waals surface area contributed by atoms with Crippen molar-refractivity contribution in [3.63, 3.8) is 0 Å². The second-order valence-electron chi connectivity index (χ2n) is 7.50. The van der Waals surface area contributed by atoms with Crippen molar-refractivity contribution in [2.45, 2.75) is 37.1 Å². The molecule has 1 fully saturated rings. The summed E-state index contributed by atoms with van der Waals surface area (Å²) in [4.78, 5) is 4.23. The quantitative estimate of drug-likeness (QED) is 0.460. The van der Waals surface area contributed by atoms with Crippen molar-refractivity contribution >= 4 is 33.2 Å². The van der Waals surface area contributed by atoms with Crippen LogP contribution in [0.5, 0.6) is 0 Å². The molecule has 0 bridgehead atoms. The Balaban J connectivity index is 1.76. The summed E-state index contributed by atoms with van der Waals surface area (Å²) in [6, 6.07) is 14.6. The van der Waals surface area contributed by atoms with E-state index >= 15 is 0 Å². The fourth-order valence-electron chi connectivity index (χ4n) is 4.05. The van der Waals surface area contributed by atoms with Gasteiger partial charge >= 0.3 is 0 Å². The molecule has 1 unspecified atom stereocenters. The molecule has 4 nitrogen and oxygen atoms in total. The molecule has 156 valence electrons. The molecule has 1 aromatic heterocycles. The standard InChI is InChI=1S/C23H22Cl2N2O2S/c1-16-15-26-12-11-19(16)17-6-4-7-18(14-17)21-9-2-3-13-27(21)30(28,29)22-10-5-8-20(24)23(22)25/h4-8,10-12,14-15,21H,2-3,9,13H2,1H3. The Morgan fingerprint density at radius 1 is 1.07 bits per heavy atom. The Labute approximate surface area is 187 Å². The molecule has 0 saturated carbocycles. The number of benzene rings is 2. The SMILES string of the molecule is Cc1cnccc1-c1cccc(C2CCCCN2S(=O)(=O)c2cccc(Cl)c2Cl)c1. The molecular weight excluding hydrogens is 439 g/mol. The number of aromatic nitrogens is 1. The fraction of sp³-hybridized carbons (Fsp3) is 0.261. The lowest BCUT2D eigenvalue weighted by atomic mass is 9.94. The van der Waals surface area contributed by atoms with Gasteiger partial charge in [0.05, 0.1) is 16.1 Å². The molecular formula is C23H22Cl2N2O2S. The molecule has 1 aliphatic rings. The minimum absolute atomic E-state index is 0.0599. The van der Waals surface area contributed by atoms with Gasteiger partial charge in [-0.15, -0.1) is 0 Å². The highest BCUT2D eigenvalue weighted by Crippen LogP contribution is 2.39. The third-order valence-electron chi connectivity index (χ3n) is 5.56. The van der Waals surface area contributed by atoms with E-state index in [4.69, 9.17) is 23.2 Å². The van der Waals surface area contributed by atoms with Crippen molar-refractivity contribution in [2.75, 3.05) is 6.54 Å². The van der Waals surface area contributed by atoms with E-state index in [1.807, 2.05) is 37.4 Å². The van der Waals surface area contributed by atoms with Gasteiger partial charge in [0.2, 0.25) is 10.0 Å². The summed E-state index contributed by atoms with van der Waals surface area (Å²) in [5.74, 6) is 0. The number of rotatable bonds is 4. The first-order valence-electron chi connectivity index (χ1n) is 9.86.